The summed E-state index contributed by atoms with van der Waals surface area (Å²) in [7, 11) is 0. The van der Waals surface area contributed by atoms with Crippen LogP contribution in [0.3, 0.4) is 0 Å². The minimum atomic E-state index is -0.336. The quantitative estimate of drug-likeness (QED) is 0.865. The van der Waals surface area contributed by atoms with Crippen LogP contribution in [0.1, 0.15) is 23.7 Å². The van der Waals surface area contributed by atoms with Crippen molar-refractivity contribution in [3.05, 3.63) is 33.8 Å². The maximum atomic E-state index is 10.3. The van der Waals surface area contributed by atoms with Gasteiger partial charge in [0.2, 0.25) is 0 Å². The molecule has 1 saturated heterocycles. The van der Waals surface area contributed by atoms with Gasteiger partial charge in [0.25, 0.3) is 0 Å². The van der Waals surface area contributed by atoms with E-state index in [1.54, 1.807) is 0 Å². The van der Waals surface area contributed by atoms with Crippen LogP contribution in [0.2, 0.25) is 0 Å². The van der Waals surface area contributed by atoms with Crippen molar-refractivity contribution in [3.8, 4) is 0 Å². The van der Waals surface area contributed by atoms with Crippen molar-refractivity contribution < 1.29 is 5.11 Å². The Morgan fingerprint density at radius 3 is 3.00 bits per heavy atom. The molecule has 1 fully saturated rings. The molecule has 1 aromatic carbocycles. The highest BCUT2D eigenvalue weighted by Gasteiger charge is 2.25. The van der Waals surface area contributed by atoms with Gasteiger partial charge in [0.1, 0.15) is 0 Å². The fourth-order valence-corrected chi connectivity index (χ4v) is 2.51. The van der Waals surface area contributed by atoms with Crippen LogP contribution in [0, 0.1) is 12.8 Å². The first kappa shape index (κ1) is 11.1. The van der Waals surface area contributed by atoms with Crippen molar-refractivity contribution in [2.24, 2.45) is 5.92 Å². The predicted octanol–water partition coefficient (Wildman–Crippen LogP) is 2.40. The van der Waals surface area contributed by atoms with Crippen LogP contribution in [0.5, 0.6) is 0 Å². The Morgan fingerprint density at radius 1 is 1.53 bits per heavy atom. The molecule has 3 heteroatoms. The Hall–Kier alpha value is -0.380. The molecule has 2 atom stereocenters. The molecule has 82 valence electrons. The third kappa shape index (κ3) is 2.41. The van der Waals surface area contributed by atoms with E-state index >= 15 is 0 Å². The molecule has 0 amide bonds. The van der Waals surface area contributed by atoms with E-state index in [9.17, 15) is 5.11 Å². The number of nitrogens with one attached hydrogen (secondary N) is 1. The summed E-state index contributed by atoms with van der Waals surface area (Å²) >= 11 is 3.45. The second-order valence-electron chi connectivity index (χ2n) is 4.20. The van der Waals surface area contributed by atoms with Crippen LogP contribution in [0.15, 0.2) is 22.7 Å². The van der Waals surface area contributed by atoms with Gasteiger partial charge in [-0.1, -0.05) is 22.0 Å². The first-order chi connectivity index (χ1) is 7.18. The van der Waals surface area contributed by atoms with Gasteiger partial charge in [0, 0.05) is 16.9 Å². The maximum absolute atomic E-state index is 10.3. The first-order valence-corrected chi connectivity index (χ1v) is 6.12. The van der Waals surface area contributed by atoms with Crippen molar-refractivity contribution in [1.29, 1.82) is 0 Å². The average Bonchev–Trinajstić information content (AvgIpc) is 2.74. The molecule has 1 aliphatic heterocycles. The molecular formula is C12H16BrNO. The third-order valence-corrected chi connectivity index (χ3v) is 3.60. The number of rotatable bonds is 2. The summed E-state index contributed by atoms with van der Waals surface area (Å²) in [6, 6.07) is 6.09. The number of aliphatic hydroxyl groups is 1. The molecule has 1 heterocycles. The van der Waals surface area contributed by atoms with Crippen LogP contribution in [0.25, 0.3) is 0 Å². The lowest BCUT2D eigenvalue weighted by Crippen LogP contribution is -2.16. The molecule has 2 nitrogen and oxygen atoms in total. The van der Waals surface area contributed by atoms with E-state index < -0.39 is 0 Å². The smallest absolute Gasteiger partial charge is 0.0833 e. The molecule has 15 heavy (non-hydrogen) atoms. The topological polar surface area (TPSA) is 32.3 Å². The fourth-order valence-electron chi connectivity index (χ4n) is 2.13. The van der Waals surface area contributed by atoms with E-state index in [0.717, 1.165) is 35.1 Å². The zero-order valence-electron chi connectivity index (χ0n) is 8.83. The minimum absolute atomic E-state index is 0.336. The van der Waals surface area contributed by atoms with Crippen molar-refractivity contribution in [2.75, 3.05) is 13.1 Å². The van der Waals surface area contributed by atoms with Crippen molar-refractivity contribution in [1.82, 2.24) is 5.32 Å². The van der Waals surface area contributed by atoms with Gasteiger partial charge in [0.05, 0.1) is 6.10 Å². The normalized spacial score (nSPS) is 23.0. The largest absolute Gasteiger partial charge is 0.388 e. The molecule has 2 N–H and O–H groups in total. The van der Waals surface area contributed by atoms with Crippen molar-refractivity contribution >= 4 is 15.9 Å². The highest BCUT2D eigenvalue weighted by atomic mass is 79.9. The van der Waals surface area contributed by atoms with Crippen LogP contribution >= 0.6 is 15.9 Å². The van der Waals surface area contributed by atoms with Gasteiger partial charge in [0.15, 0.2) is 0 Å². The lowest BCUT2D eigenvalue weighted by atomic mass is 9.92. The molecule has 1 aliphatic rings. The van der Waals surface area contributed by atoms with Gasteiger partial charge in [-0.15, -0.1) is 0 Å². The summed E-state index contributed by atoms with van der Waals surface area (Å²) in [5.41, 5.74) is 2.22. The highest BCUT2D eigenvalue weighted by Crippen LogP contribution is 2.30. The van der Waals surface area contributed by atoms with Crippen LogP contribution < -0.4 is 5.32 Å². The first-order valence-electron chi connectivity index (χ1n) is 5.33. The van der Waals surface area contributed by atoms with Gasteiger partial charge < -0.3 is 10.4 Å². The summed E-state index contributed by atoms with van der Waals surface area (Å²) in [4.78, 5) is 0. The maximum Gasteiger partial charge on any atom is 0.0833 e. The summed E-state index contributed by atoms with van der Waals surface area (Å²) in [6.07, 6.45) is 0.727. The number of aliphatic hydroxyl groups excluding tert-OH is 1. The average molecular weight is 270 g/mol. The SMILES string of the molecule is Cc1ccc(Br)cc1C(O)C1CCNC1. The molecule has 0 spiro atoms. The second kappa shape index (κ2) is 4.64. The Bertz CT molecular complexity index is 347. The molecule has 0 aliphatic carbocycles. The number of aryl methyl sites for hydroxylation is 1. The van der Waals surface area contributed by atoms with Gasteiger partial charge >= 0.3 is 0 Å². The zero-order valence-corrected chi connectivity index (χ0v) is 10.4. The summed E-state index contributed by atoms with van der Waals surface area (Å²) in [5, 5.41) is 13.6. The molecule has 0 radical (unpaired) electrons. The Balaban J connectivity index is 2.23. The van der Waals surface area contributed by atoms with Gasteiger partial charge in [-0.25, -0.2) is 0 Å². The summed E-state index contributed by atoms with van der Waals surface area (Å²) in [6.45, 7) is 4.00. The monoisotopic (exact) mass is 269 g/mol. The van der Waals surface area contributed by atoms with E-state index in [4.69, 9.17) is 0 Å². The highest BCUT2D eigenvalue weighted by molar-refractivity contribution is 9.10. The predicted molar refractivity (Wildman–Crippen MR) is 64.8 cm³/mol. The standard InChI is InChI=1S/C12H16BrNO/c1-8-2-3-10(13)6-11(8)12(15)9-4-5-14-7-9/h2-3,6,9,12,14-15H,4-5,7H2,1H3. The van der Waals surface area contributed by atoms with E-state index in [-0.39, 0.29) is 6.10 Å². The van der Waals surface area contributed by atoms with Gasteiger partial charge in [-0.3, -0.25) is 0 Å². The number of hydrogen-bond acceptors (Lipinski definition) is 2. The number of hydrogen-bond donors (Lipinski definition) is 2. The van der Waals surface area contributed by atoms with Crippen molar-refractivity contribution in [3.63, 3.8) is 0 Å². The lowest BCUT2D eigenvalue weighted by molar-refractivity contribution is 0.117. The summed E-state index contributed by atoms with van der Waals surface area (Å²) in [5.74, 6) is 0.359. The zero-order chi connectivity index (χ0) is 10.8. The molecule has 2 rings (SSSR count). The molecule has 0 bridgehead atoms. The second-order valence-corrected chi connectivity index (χ2v) is 5.11. The van der Waals surface area contributed by atoms with E-state index in [2.05, 4.69) is 21.2 Å². The van der Waals surface area contributed by atoms with E-state index in [0.29, 0.717) is 5.92 Å². The van der Waals surface area contributed by atoms with E-state index in [1.165, 1.54) is 0 Å². The number of benzene rings is 1. The van der Waals surface area contributed by atoms with Crippen LogP contribution in [0.4, 0.5) is 0 Å². The Kier molecular flexibility index (Phi) is 3.44. The van der Waals surface area contributed by atoms with Gasteiger partial charge in [-0.05, 0) is 43.1 Å². The summed E-state index contributed by atoms with van der Waals surface area (Å²) < 4.78 is 1.04. The Morgan fingerprint density at radius 2 is 2.33 bits per heavy atom. The number of halogens is 1. The van der Waals surface area contributed by atoms with Crippen LogP contribution in [-0.2, 0) is 0 Å². The van der Waals surface area contributed by atoms with E-state index in [1.807, 2.05) is 25.1 Å². The molecule has 0 saturated carbocycles. The van der Waals surface area contributed by atoms with Gasteiger partial charge in [-0.2, -0.15) is 0 Å². The van der Waals surface area contributed by atoms with Crippen LogP contribution in [-0.4, -0.2) is 18.2 Å². The molecular weight excluding hydrogens is 254 g/mol. The molecule has 0 aromatic heterocycles. The molecule has 1 aromatic rings. The molecule has 2 unspecified atom stereocenters. The lowest BCUT2D eigenvalue weighted by Gasteiger charge is -2.19. The van der Waals surface area contributed by atoms with Crippen molar-refractivity contribution in [2.45, 2.75) is 19.4 Å². The minimum Gasteiger partial charge on any atom is -0.388 e. The Labute approximate surface area is 98.8 Å². The fraction of sp³-hybridized carbons (Fsp3) is 0.500. The third-order valence-electron chi connectivity index (χ3n) is 3.10.